The van der Waals surface area contributed by atoms with Crippen LogP contribution in [0.5, 0.6) is 11.5 Å². The van der Waals surface area contributed by atoms with Gasteiger partial charge >= 0.3 is 0 Å². The molecule has 2 aromatic rings. The molecule has 2 rings (SSSR count). The Morgan fingerprint density at radius 1 is 1.15 bits per heavy atom. The summed E-state index contributed by atoms with van der Waals surface area (Å²) in [5.41, 5.74) is 0.289. The first-order chi connectivity index (χ1) is 12.9. The summed E-state index contributed by atoms with van der Waals surface area (Å²) in [6.07, 6.45) is 0. The van der Waals surface area contributed by atoms with Crippen LogP contribution in [0.1, 0.15) is 17.3 Å². The third kappa shape index (κ3) is 5.43. The van der Waals surface area contributed by atoms with Crippen LogP contribution >= 0.6 is 0 Å². The molecule has 0 aliphatic carbocycles. The topological polar surface area (TPSA) is 120 Å². The molecule has 2 aromatic carbocycles. The van der Waals surface area contributed by atoms with Gasteiger partial charge in [0.1, 0.15) is 11.5 Å². The first-order valence-electron chi connectivity index (χ1n) is 8.08. The number of nitro benzene ring substituents is 1. The second kappa shape index (κ2) is 9.18. The lowest BCUT2D eigenvalue weighted by Gasteiger charge is -2.10. The SMILES string of the molecule is CCNC(=O)COc1ccc(NC(=O)c2cc([N+](=O)[O-])ccc2OC)cc1. The Balaban J connectivity index is 2.06. The Morgan fingerprint density at radius 2 is 1.85 bits per heavy atom. The van der Waals surface area contributed by atoms with Crippen LogP contribution in [0.3, 0.4) is 0 Å². The third-order valence-electron chi connectivity index (χ3n) is 3.49. The highest BCUT2D eigenvalue weighted by Crippen LogP contribution is 2.25. The summed E-state index contributed by atoms with van der Waals surface area (Å²) in [4.78, 5) is 34.1. The number of nitrogens with one attached hydrogen (secondary N) is 2. The number of methoxy groups -OCH3 is 1. The van der Waals surface area contributed by atoms with Crippen molar-refractivity contribution in [1.29, 1.82) is 0 Å². The molecule has 9 nitrogen and oxygen atoms in total. The van der Waals surface area contributed by atoms with Gasteiger partial charge in [-0.25, -0.2) is 0 Å². The molecule has 27 heavy (non-hydrogen) atoms. The van der Waals surface area contributed by atoms with Crippen LogP contribution in [0.15, 0.2) is 42.5 Å². The predicted molar refractivity (Wildman–Crippen MR) is 98.2 cm³/mol. The summed E-state index contributed by atoms with van der Waals surface area (Å²) in [6, 6.07) is 10.2. The molecule has 2 amide bonds. The molecule has 0 saturated heterocycles. The fourth-order valence-electron chi connectivity index (χ4n) is 2.22. The van der Waals surface area contributed by atoms with Crippen molar-refractivity contribution in [2.24, 2.45) is 0 Å². The van der Waals surface area contributed by atoms with Gasteiger partial charge in [-0.1, -0.05) is 0 Å². The molecule has 9 heteroatoms. The summed E-state index contributed by atoms with van der Waals surface area (Å²) in [5, 5.41) is 16.2. The number of ether oxygens (including phenoxy) is 2. The zero-order valence-corrected chi connectivity index (χ0v) is 14.9. The maximum atomic E-state index is 12.4. The van der Waals surface area contributed by atoms with Crippen molar-refractivity contribution in [3.63, 3.8) is 0 Å². The number of anilines is 1. The van der Waals surface area contributed by atoms with Gasteiger partial charge in [0.25, 0.3) is 17.5 Å². The minimum absolute atomic E-state index is 0.0447. The largest absolute Gasteiger partial charge is 0.496 e. The fourth-order valence-corrected chi connectivity index (χ4v) is 2.22. The van der Waals surface area contributed by atoms with Crippen LogP contribution in [0.2, 0.25) is 0 Å². The number of non-ortho nitro benzene ring substituents is 1. The van der Waals surface area contributed by atoms with E-state index >= 15 is 0 Å². The third-order valence-corrected chi connectivity index (χ3v) is 3.49. The molecule has 0 spiro atoms. The van der Waals surface area contributed by atoms with Crippen molar-refractivity contribution in [3.8, 4) is 11.5 Å². The standard InChI is InChI=1S/C18H19N3O6/c1-3-19-17(22)11-27-14-7-4-12(5-8-14)20-18(23)15-10-13(21(24)25)6-9-16(15)26-2/h4-10H,3,11H2,1-2H3,(H,19,22)(H,20,23). The van der Waals surface area contributed by atoms with Gasteiger partial charge in [0, 0.05) is 24.4 Å². The van der Waals surface area contributed by atoms with Crippen molar-refractivity contribution < 1.29 is 24.0 Å². The lowest BCUT2D eigenvalue weighted by atomic mass is 10.1. The molecule has 0 atom stereocenters. The van der Waals surface area contributed by atoms with E-state index in [9.17, 15) is 19.7 Å². The van der Waals surface area contributed by atoms with Crippen LogP contribution in [0, 0.1) is 10.1 Å². The zero-order chi connectivity index (χ0) is 19.8. The van der Waals surface area contributed by atoms with Crippen LogP contribution < -0.4 is 20.1 Å². The van der Waals surface area contributed by atoms with E-state index in [1.807, 2.05) is 6.92 Å². The van der Waals surface area contributed by atoms with E-state index in [1.54, 1.807) is 24.3 Å². The molecular formula is C18H19N3O6. The van der Waals surface area contributed by atoms with Crippen LogP contribution in [-0.2, 0) is 4.79 Å². The van der Waals surface area contributed by atoms with Gasteiger partial charge in [-0.2, -0.15) is 0 Å². The van der Waals surface area contributed by atoms with E-state index in [-0.39, 0.29) is 29.5 Å². The summed E-state index contributed by atoms with van der Waals surface area (Å²) in [6.45, 7) is 2.23. The van der Waals surface area contributed by atoms with Gasteiger partial charge in [0.15, 0.2) is 6.61 Å². The molecule has 0 aromatic heterocycles. The van der Waals surface area contributed by atoms with Gasteiger partial charge in [0.05, 0.1) is 17.6 Å². The predicted octanol–water partition coefficient (Wildman–Crippen LogP) is 2.37. The van der Waals surface area contributed by atoms with Crippen molar-refractivity contribution in [3.05, 3.63) is 58.1 Å². The molecule has 2 N–H and O–H groups in total. The Morgan fingerprint density at radius 3 is 2.44 bits per heavy atom. The highest BCUT2D eigenvalue weighted by molar-refractivity contribution is 6.06. The second-order valence-corrected chi connectivity index (χ2v) is 5.36. The summed E-state index contributed by atoms with van der Waals surface area (Å²) in [7, 11) is 1.37. The highest BCUT2D eigenvalue weighted by Gasteiger charge is 2.17. The van der Waals surface area contributed by atoms with Gasteiger partial charge < -0.3 is 20.1 Å². The number of hydrogen-bond acceptors (Lipinski definition) is 6. The summed E-state index contributed by atoms with van der Waals surface area (Å²) in [5.74, 6) is -0.0913. The van der Waals surface area contributed by atoms with Crippen LogP contribution in [0.25, 0.3) is 0 Å². The maximum absolute atomic E-state index is 12.4. The fraction of sp³-hybridized carbons (Fsp3) is 0.222. The van der Waals surface area contributed by atoms with E-state index in [4.69, 9.17) is 9.47 Å². The normalized spacial score (nSPS) is 10.0. The lowest BCUT2D eigenvalue weighted by Crippen LogP contribution is -2.28. The van der Waals surface area contributed by atoms with E-state index in [0.29, 0.717) is 18.0 Å². The quantitative estimate of drug-likeness (QED) is 0.541. The minimum atomic E-state index is -0.586. The lowest BCUT2D eigenvalue weighted by molar-refractivity contribution is -0.384. The number of carbonyl (C=O) groups excluding carboxylic acids is 2. The number of likely N-dealkylation sites (N-methyl/N-ethyl adjacent to an activating group) is 1. The average molecular weight is 373 g/mol. The van der Waals surface area contributed by atoms with Crippen LogP contribution in [-0.4, -0.2) is 37.0 Å². The molecule has 0 fully saturated rings. The number of nitrogens with zero attached hydrogens (tertiary/aromatic N) is 1. The molecule has 0 aliphatic heterocycles. The first kappa shape index (κ1) is 19.7. The smallest absolute Gasteiger partial charge is 0.270 e. The van der Waals surface area contributed by atoms with E-state index in [2.05, 4.69) is 10.6 Å². The minimum Gasteiger partial charge on any atom is -0.496 e. The Labute approximate surface area is 155 Å². The van der Waals surface area contributed by atoms with Crippen LogP contribution in [0.4, 0.5) is 11.4 Å². The van der Waals surface area contributed by atoms with E-state index < -0.39 is 10.8 Å². The molecule has 0 aliphatic rings. The van der Waals surface area contributed by atoms with Gasteiger partial charge in [-0.15, -0.1) is 0 Å². The van der Waals surface area contributed by atoms with Crippen molar-refractivity contribution >= 4 is 23.2 Å². The monoisotopic (exact) mass is 373 g/mol. The summed E-state index contributed by atoms with van der Waals surface area (Å²) < 4.78 is 10.4. The number of nitro groups is 1. The Bertz CT molecular complexity index is 835. The number of benzene rings is 2. The van der Waals surface area contributed by atoms with Gasteiger partial charge in [0.2, 0.25) is 0 Å². The number of hydrogen-bond donors (Lipinski definition) is 2. The second-order valence-electron chi connectivity index (χ2n) is 5.36. The average Bonchev–Trinajstić information content (AvgIpc) is 2.67. The Kier molecular flexibility index (Phi) is 6.70. The van der Waals surface area contributed by atoms with Crippen molar-refractivity contribution in [1.82, 2.24) is 5.32 Å². The highest BCUT2D eigenvalue weighted by atomic mass is 16.6. The Hall–Kier alpha value is -3.62. The molecule has 0 bridgehead atoms. The number of rotatable bonds is 8. The molecule has 0 saturated carbocycles. The molecule has 0 radical (unpaired) electrons. The zero-order valence-electron chi connectivity index (χ0n) is 14.9. The van der Waals surface area contributed by atoms with Crippen molar-refractivity contribution in [2.75, 3.05) is 25.6 Å². The number of carbonyl (C=O) groups is 2. The van der Waals surface area contributed by atoms with Gasteiger partial charge in [-0.05, 0) is 37.3 Å². The maximum Gasteiger partial charge on any atom is 0.270 e. The van der Waals surface area contributed by atoms with Gasteiger partial charge in [-0.3, -0.25) is 19.7 Å². The number of amides is 2. The molecule has 0 heterocycles. The molecule has 142 valence electrons. The van der Waals surface area contributed by atoms with E-state index in [1.165, 1.54) is 19.2 Å². The summed E-state index contributed by atoms with van der Waals surface area (Å²) >= 11 is 0. The molecular weight excluding hydrogens is 354 g/mol. The van der Waals surface area contributed by atoms with Crippen molar-refractivity contribution in [2.45, 2.75) is 6.92 Å². The molecule has 0 unspecified atom stereocenters. The van der Waals surface area contributed by atoms with E-state index in [0.717, 1.165) is 6.07 Å². The first-order valence-corrected chi connectivity index (χ1v) is 8.08.